The second-order valence-electron chi connectivity index (χ2n) is 9.60. The average molecular weight is 504 g/mol. The first-order valence-electron chi connectivity index (χ1n) is 12.3. The van der Waals surface area contributed by atoms with Gasteiger partial charge in [0.15, 0.2) is 0 Å². The van der Waals surface area contributed by atoms with Crippen LogP contribution in [0.25, 0.3) is 10.8 Å². The Hall–Kier alpha value is -3.21. The van der Waals surface area contributed by atoms with Gasteiger partial charge in [0.05, 0.1) is 5.56 Å². The zero-order chi connectivity index (χ0) is 24.4. The zero-order valence-electron chi connectivity index (χ0n) is 20.3. The van der Waals surface area contributed by atoms with Gasteiger partial charge in [0, 0.05) is 12.0 Å². The second kappa shape index (κ2) is 11.2. The topological polar surface area (TPSA) is 49.3 Å². The molecule has 1 aliphatic carbocycles. The lowest BCUT2D eigenvalue weighted by atomic mass is 9.72. The monoisotopic (exact) mass is 503 g/mol. The molecule has 2 unspecified atom stereocenters. The third kappa shape index (κ3) is 5.16. The predicted molar refractivity (Wildman–Crippen MR) is 146 cm³/mol. The fraction of sp³-hybridized carbons (Fsp3) is 0.258. The molecule has 5 heteroatoms. The van der Waals surface area contributed by atoms with Gasteiger partial charge in [-0.1, -0.05) is 78.9 Å². The minimum atomic E-state index is -1.23. The summed E-state index contributed by atoms with van der Waals surface area (Å²) in [7, 11) is 0. The highest BCUT2D eigenvalue weighted by atomic mass is 35.5. The number of halogens is 2. The number of benzene rings is 4. The molecule has 5 rings (SSSR count). The summed E-state index contributed by atoms with van der Waals surface area (Å²) in [5.74, 6) is -1.59. The van der Waals surface area contributed by atoms with E-state index in [1.54, 1.807) is 12.1 Å². The minimum Gasteiger partial charge on any atom is -0.478 e. The van der Waals surface area contributed by atoms with Crippen LogP contribution in [0.3, 0.4) is 0 Å². The number of carboxylic acids is 1. The Bertz CT molecular complexity index is 1370. The number of hydrogen-bond acceptors (Lipinski definition) is 2. The van der Waals surface area contributed by atoms with E-state index in [-0.39, 0.29) is 29.9 Å². The van der Waals surface area contributed by atoms with Gasteiger partial charge in [0.2, 0.25) is 0 Å². The Morgan fingerprint density at radius 3 is 2.50 bits per heavy atom. The van der Waals surface area contributed by atoms with Gasteiger partial charge in [0.1, 0.15) is 5.82 Å². The molecule has 0 heterocycles. The van der Waals surface area contributed by atoms with Gasteiger partial charge in [0.25, 0.3) is 0 Å². The lowest BCUT2D eigenvalue weighted by Crippen LogP contribution is -2.26. The Balaban J connectivity index is 0.00000304. The van der Waals surface area contributed by atoms with E-state index in [1.165, 1.54) is 28.0 Å². The Labute approximate surface area is 217 Å². The van der Waals surface area contributed by atoms with E-state index in [2.05, 4.69) is 66.8 Å². The molecule has 186 valence electrons. The van der Waals surface area contributed by atoms with Crippen molar-refractivity contribution in [1.82, 2.24) is 5.32 Å². The van der Waals surface area contributed by atoms with Gasteiger partial charge in [-0.25, -0.2) is 9.18 Å². The van der Waals surface area contributed by atoms with Crippen molar-refractivity contribution in [2.45, 2.75) is 38.1 Å². The molecule has 0 amide bonds. The first kappa shape index (κ1) is 25.9. The maximum Gasteiger partial charge on any atom is 0.338 e. The summed E-state index contributed by atoms with van der Waals surface area (Å²) >= 11 is 0. The fourth-order valence-corrected chi connectivity index (χ4v) is 5.66. The van der Waals surface area contributed by atoms with Gasteiger partial charge in [-0.3, -0.25) is 0 Å². The summed E-state index contributed by atoms with van der Waals surface area (Å²) in [5, 5.41) is 15.6. The van der Waals surface area contributed by atoms with Crippen LogP contribution in [0.4, 0.5) is 4.39 Å². The molecule has 0 bridgehead atoms. The first-order valence-corrected chi connectivity index (χ1v) is 12.3. The normalized spacial score (nSPS) is 17.7. The summed E-state index contributed by atoms with van der Waals surface area (Å²) in [6.07, 6.45) is 2.73. The molecule has 0 saturated heterocycles. The molecule has 4 aromatic rings. The van der Waals surface area contributed by atoms with Crippen molar-refractivity contribution >= 4 is 29.1 Å². The number of carboxylic acid groups (broad SMARTS) is 1. The third-order valence-electron chi connectivity index (χ3n) is 7.44. The van der Waals surface area contributed by atoms with Crippen molar-refractivity contribution in [1.29, 1.82) is 0 Å². The van der Waals surface area contributed by atoms with Crippen molar-refractivity contribution < 1.29 is 14.3 Å². The molecule has 0 aliphatic heterocycles. The molecule has 0 spiro atoms. The largest absolute Gasteiger partial charge is 0.478 e. The van der Waals surface area contributed by atoms with Gasteiger partial charge >= 0.3 is 5.97 Å². The van der Waals surface area contributed by atoms with E-state index < -0.39 is 11.8 Å². The van der Waals surface area contributed by atoms with E-state index in [0.717, 1.165) is 31.4 Å². The fourth-order valence-electron chi connectivity index (χ4n) is 5.66. The van der Waals surface area contributed by atoms with Crippen molar-refractivity contribution in [2.24, 2.45) is 5.92 Å². The lowest BCUT2D eigenvalue weighted by molar-refractivity contribution is 0.0691. The number of carbonyl (C=O) groups is 1. The van der Waals surface area contributed by atoms with Crippen LogP contribution in [0, 0.1) is 11.7 Å². The van der Waals surface area contributed by atoms with E-state index >= 15 is 4.39 Å². The number of hydrogen-bond donors (Lipinski definition) is 2. The number of fused-ring (bicyclic) bond motifs is 2. The molecule has 36 heavy (non-hydrogen) atoms. The van der Waals surface area contributed by atoms with E-state index in [9.17, 15) is 9.90 Å². The summed E-state index contributed by atoms with van der Waals surface area (Å²) in [6.45, 7) is 3.06. The van der Waals surface area contributed by atoms with Crippen LogP contribution in [0.15, 0.2) is 84.9 Å². The molecule has 1 aliphatic rings. The summed E-state index contributed by atoms with van der Waals surface area (Å²) in [4.78, 5) is 11.5. The Morgan fingerprint density at radius 1 is 0.972 bits per heavy atom. The van der Waals surface area contributed by atoms with Gasteiger partial charge < -0.3 is 10.4 Å². The Kier molecular flexibility index (Phi) is 8.07. The molecule has 2 N–H and O–H groups in total. The standard InChI is InChI=1S/C31H30FNO2.ClH/c1-20(24-13-6-10-22-8-2-4-11-25(22)24)33-17-16-21-18-23-9-3-5-12-26(23)29(19-21)27-14-7-15-28(30(27)32)31(34)35;/h2-15,20-21,29,33H,16-19H2,1H3,(H,34,35);1H/t20-,21?,29?;/m1./s1. The van der Waals surface area contributed by atoms with E-state index in [1.807, 2.05) is 12.1 Å². The van der Waals surface area contributed by atoms with Crippen LogP contribution in [-0.4, -0.2) is 17.6 Å². The molecule has 0 saturated carbocycles. The molecule has 0 aromatic heterocycles. The first-order chi connectivity index (χ1) is 17.0. The smallest absolute Gasteiger partial charge is 0.338 e. The van der Waals surface area contributed by atoms with Crippen LogP contribution in [0.1, 0.15) is 64.3 Å². The minimum absolute atomic E-state index is 0. The van der Waals surface area contributed by atoms with E-state index in [0.29, 0.717) is 11.5 Å². The highest BCUT2D eigenvalue weighted by molar-refractivity contribution is 5.88. The van der Waals surface area contributed by atoms with Gasteiger partial charge in [-0.15, -0.1) is 12.4 Å². The zero-order valence-corrected chi connectivity index (χ0v) is 21.1. The molecule has 3 nitrogen and oxygen atoms in total. The third-order valence-corrected chi connectivity index (χ3v) is 7.44. The maximum absolute atomic E-state index is 15.2. The molecular weight excluding hydrogens is 473 g/mol. The second-order valence-corrected chi connectivity index (χ2v) is 9.60. The summed E-state index contributed by atoms with van der Waals surface area (Å²) in [5.41, 5.74) is 3.87. The van der Waals surface area contributed by atoms with Gasteiger partial charge in [-0.05, 0) is 77.7 Å². The SMILES string of the molecule is C[C@@H](NCCC1Cc2ccccc2C(c2cccc(C(=O)O)c2F)C1)c1cccc2ccccc12.Cl. The predicted octanol–water partition coefficient (Wildman–Crippen LogP) is 7.53. The van der Waals surface area contributed by atoms with Crippen LogP contribution in [0.5, 0.6) is 0 Å². The molecular formula is C31H31ClFNO2. The number of aromatic carboxylic acids is 1. The highest BCUT2D eigenvalue weighted by Gasteiger charge is 2.30. The number of nitrogens with one attached hydrogen (secondary N) is 1. The van der Waals surface area contributed by atoms with E-state index in [4.69, 9.17) is 0 Å². The molecule has 0 radical (unpaired) electrons. The summed E-state index contributed by atoms with van der Waals surface area (Å²) < 4.78 is 15.2. The van der Waals surface area contributed by atoms with Crippen LogP contribution in [-0.2, 0) is 6.42 Å². The number of rotatable bonds is 7. The van der Waals surface area contributed by atoms with Crippen molar-refractivity contribution in [3.8, 4) is 0 Å². The molecule has 4 aromatic carbocycles. The molecule has 0 fully saturated rings. The molecule has 3 atom stereocenters. The average Bonchev–Trinajstić information content (AvgIpc) is 2.88. The van der Waals surface area contributed by atoms with Crippen LogP contribution in [0.2, 0.25) is 0 Å². The lowest BCUT2D eigenvalue weighted by Gasteiger charge is -2.33. The maximum atomic E-state index is 15.2. The highest BCUT2D eigenvalue weighted by Crippen LogP contribution is 2.41. The Morgan fingerprint density at radius 2 is 1.67 bits per heavy atom. The summed E-state index contributed by atoms with van der Waals surface area (Å²) in [6, 6.07) is 28.1. The quantitative estimate of drug-likeness (QED) is 0.274. The van der Waals surface area contributed by atoms with Crippen LogP contribution < -0.4 is 5.32 Å². The van der Waals surface area contributed by atoms with Crippen LogP contribution >= 0.6 is 12.4 Å². The van der Waals surface area contributed by atoms with Gasteiger partial charge in [-0.2, -0.15) is 0 Å². The van der Waals surface area contributed by atoms with Crippen molar-refractivity contribution in [2.75, 3.05) is 6.54 Å². The van der Waals surface area contributed by atoms with Crippen molar-refractivity contribution in [3.63, 3.8) is 0 Å². The van der Waals surface area contributed by atoms with Crippen molar-refractivity contribution in [3.05, 3.63) is 119 Å².